The predicted molar refractivity (Wildman–Crippen MR) is 146 cm³/mol. The first-order valence-electron chi connectivity index (χ1n) is 12.7. The Balaban J connectivity index is 1.80. The number of benzene rings is 2. The Hall–Kier alpha value is -2.31. The van der Waals surface area contributed by atoms with Gasteiger partial charge >= 0.3 is 0 Å². The van der Waals surface area contributed by atoms with E-state index in [4.69, 9.17) is 4.43 Å². The van der Waals surface area contributed by atoms with Gasteiger partial charge in [-0.2, -0.15) is 0 Å². The lowest BCUT2D eigenvalue weighted by Gasteiger charge is -2.44. The van der Waals surface area contributed by atoms with Gasteiger partial charge < -0.3 is 4.43 Å². The van der Waals surface area contributed by atoms with Gasteiger partial charge in [0, 0.05) is 18.0 Å². The monoisotopic (exact) mass is 509 g/mol. The van der Waals surface area contributed by atoms with Crippen LogP contribution in [0, 0.1) is 12.8 Å². The van der Waals surface area contributed by atoms with E-state index in [1.807, 2.05) is 37.3 Å². The van der Waals surface area contributed by atoms with Crippen LogP contribution in [0.2, 0.25) is 16.6 Å². The zero-order chi connectivity index (χ0) is 25.5. The second-order valence-electron chi connectivity index (χ2n) is 10.9. The molecule has 0 amide bonds. The predicted octanol–water partition coefficient (Wildman–Crippen LogP) is 7.37. The molecule has 6 heteroatoms. The van der Waals surface area contributed by atoms with Gasteiger partial charge in [0.05, 0.1) is 4.90 Å². The summed E-state index contributed by atoms with van der Waals surface area (Å²) in [4.78, 5) is 0.316. The second kappa shape index (κ2) is 9.62. The molecule has 0 spiro atoms. The number of allylic oxidation sites excluding steroid dienone is 1. The van der Waals surface area contributed by atoms with E-state index in [-0.39, 0.29) is 17.9 Å². The molecule has 2 aromatic carbocycles. The quantitative estimate of drug-likeness (QED) is 0.349. The number of sulfonamides is 1. The summed E-state index contributed by atoms with van der Waals surface area (Å²) < 4.78 is 36.4. The minimum absolute atomic E-state index is 0.00538. The van der Waals surface area contributed by atoms with Gasteiger partial charge in [0.2, 0.25) is 0 Å². The molecule has 1 unspecified atom stereocenters. The van der Waals surface area contributed by atoms with E-state index in [2.05, 4.69) is 65.8 Å². The van der Waals surface area contributed by atoms with Gasteiger partial charge in [0.1, 0.15) is 11.8 Å². The molecule has 1 aliphatic heterocycles. The van der Waals surface area contributed by atoms with E-state index >= 15 is 0 Å². The summed E-state index contributed by atoms with van der Waals surface area (Å²) in [5.41, 5.74) is 3.41. The summed E-state index contributed by atoms with van der Waals surface area (Å²) in [6.07, 6.45) is 6.03. The highest BCUT2D eigenvalue weighted by atomic mass is 32.2. The van der Waals surface area contributed by atoms with Crippen LogP contribution in [-0.2, 0) is 14.4 Å². The number of fused-ring (bicyclic) bond motifs is 1. The molecule has 0 saturated heterocycles. The van der Waals surface area contributed by atoms with Crippen molar-refractivity contribution in [2.45, 2.75) is 81.9 Å². The molecule has 1 aliphatic carbocycles. The minimum Gasteiger partial charge on any atom is -0.544 e. The fourth-order valence-electron chi connectivity index (χ4n) is 6.28. The van der Waals surface area contributed by atoms with Crippen molar-refractivity contribution in [3.63, 3.8) is 0 Å². The number of aryl methyl sites for hydroxylation is 1. The van der Waals surface area contributed by atoms with Crippen molar-refractivity contribution in [3.05, 3.63) is 89.8 Å². The lowest BCUT2D eigenvalue weighted by Crippen LogP contribution is -2.49. The maximum atomic E-state index is 13.8. The van der Waals surface area contributed by atoms with Gasteiger partial charge in [-0.1, -0.05) is 95.6 Å². The van der Waals surface area contributed by atoms with Crippen molar-refractivity contribution < 1.29 is 12.8 Å². The molecule has 0 saturated carbocycles. The summed E-state index contributed by atoms with van der Waals surface area (Å²) in [5.74, 6) is 0.905. The molecule has 0 aromatic heterocycles. The van der Waals surface area contributed by atoms with Gasteiger partial charge in [-0.05, 0) is 47.3 Å². The highest BCUT2D eigenvalue weighted by Crippen LogP contribution is 2.51. The molecule has 0 N–H and O–H groups in total. The number of hydrogen-bond donors (Lipinski definition) is 0. The van der Waals surface area contributed by atoms with Gasteiger partial charge in [-0.3, -0.25) is 4.31 Å². The average molecular weight is 510 g/mol. The van der Waals surface area contributed by atoms with Crippen LogP contribution >= 0.6 is 0 Å². The first-order chi connectivity index (χ1) is 16.5. The highest BCUT2D eigenvalue weighted by Gasteiger charge is 2.53. The fourth-order valence-corrected chi connectivity index (χ4v) is 13.1. The van der Waals surface area contributed by atoms with Crippen LogP contribution in [0.15, 0.2) is 83.6 Å². The third kappa shape index (κ3) is 4.40. The van der Waals surface area contributed by atoms with Crippen molar-refractivity contribution >= 4 is 18.3 Å². The molecule has 3 atom stereocenters. The van der Waals surface area contributed by atoms with Crippen molar-refractivity contribution in [2.24, 2.45) is 5.92 Å². The molecule has 35 heavy (non-hydrogen) atoms. The Morgan fingerprint density at radius 3 is 1.97 bits per heavy atom. The van der Waals surface area contributed by atoms with E-state index in [9.17, 15) is 8.42 Å². The fraction of sp³-hybridized carbons (Fsp3) is 0.448. The maximum Gasteiger partial charge on any atom is 0.264 e. The molecule has 4 nitrogen and oxygen atoms in total. The zero-order valence-corrected chi connectivity index (χ0v) is 23.8. The van der Waals surface area contributed by atoms with Crippen molar-refractivity contribution in [2.75, 3.05) is 0 Å². The largest absolute Gasteiger partial charge is 0.544 e. The van der Waals surface area contributed by atoms with Crippen LogP contribution in [0.1, 0.15) is 58.6 Å². The molecule has 2 aromatic rings. The van der Waals surface area contributed by atoms with Crippen LogP contribution in [0.4, 0.5) is 0 Å². The topological polar surface area (TPSA) is 46.6 Å². The molecule has 0 radical (unpaired) electrons. The number of hydrogen-bond acceptors (Lipinski definition) is 3. The lowest BCUT2D eigenvalue weighted by atomic mass is 9.88. The standard InChI is InChI=1S/C29H39NO3SSi/c1-20(2)35(21(3)4,22(5)6)33-28-19-27(24-11-9-8-10-12-24)26-17-18-30(29(26)28)34(31,32)25-15-13-23(7)14-16-25/h8-22,26-27,29H,1-7H3/t26-,27?,29-/m1/s1. The van der Waals surface area contributed by atoms with Crippen LogP contribution in [0.3, 0.4) is 0 Å². The van der Waals surface area contributed by atoms with Gasteiger partial charge in [0.25, 0.3) is 18.3 Å². The first-order valence-corrected chi connectivity index (χ1v) is 16.3. The summed E-state index contributed by atoms with van der Waals surface area (Å²) in [5, 5.41) is 0. The zero-order valence-electron chi connectivity index (χ0n) is 22.0. The Morgan fingerprint density at radius 2 is 1.43 bits per heavy atom. The summed E-state index contributed by atoms with van der Waals surface area (Å²) in [7, 11) is -6.00. The van der Waals surface area contributed by atoms with Crippen LogP contribution in [0.25, 0.3) is 0 Å². The van der Waals surface area contributed by atoms with E-state index in [1.54, 1.807) is 22.6 Å². The molecular weight excluding hydrogens is 470 g/mol. The smallest absolute Gasteiger partial charge is 0.264 e. The Morgan fingerprint density at radius 1 is 0.857 bits per heavy atom. The van der Waals surface area contributed by atoms with E-state index < -0.39 is 18.3 Å². The van der Waals surface area contributed by atoms with E-state index in [1.165, 1.54) is 5.56 Å². The molecular formula is C29H39NO3SSi. The summed E-state index contributed by atoms with van der Waals surface area (Å²) in [6.45, 7) is 15.6. The summed E-state index contributed by atoms with van der Waals surface area (Å²) in [6, 6.07) is 17.1. The normalized spacial score (nSPS) is 22.3. The Bertz CT molecular complexity index is 1180. The molecule has 4 rings (SSSR count). The highest BCUT2D eigenvalue weighted by molar-refractivity contribution is 7.89. The molecule has 188 valence electrons. The van der Waals surface area contributed by atoms with Crippen LogP contribution in [0.5, 0.6) is 0 Å². The average Bonchev–Trinajstić information content (AvgIpc) is 3.39. The Labute approximate surface area is 212 Å². The van der Waals surface area contributed by atoms with Gasteiger partial charge in [-0.25, -0.2) is 8.42 Å². The maximum absolute atomic E-state index is 13.8. The Kier molecular flexibility index (Phi) is 7.08. The molecule has 1 heterocycles. The minimum atomic E-state index is -3.72. The molecule has 2 aliphatic rings. The number of nitrogens with zero attached hydrogens (tertiary/aromatic N) is 1. The van der Waals surface area contributed by atoms with Crippen molar-refractivity contribution in [3.8, 4) is 0 Å². The van der Waals surface area contributed by atoms with Crippen molar-refractivity contribution in [1.29, 1.82) is 0 Å². The van der Waals surface area contributed by atoms with Gasteiger partial charge in [-0.15, -0.1) is 0 Å². The SMILES string of the molecule is Cc1ccc(S(=O)(=O)N2C=C[C@@H]3C(c4ccccc4)C=C(O[Si](C(C)C)(C(C)C)C(C)C)[C@@H]32)cc1. The molecule has 0 fully saturated rings. The molecule has 0 bridgehead atoms. The third-order valence-corrected chi connectivity index (χ3v) is 15.7. The number of rotatable bonds is 8. The first kappa shape index (κ1) is 25.8. The summed E-state index contributed by atoms with van der Waals surface area (Å²) >= 11 is 0. The van der Waals surface area contributed by atoms with E-state index in [0.717, 1.165) is 11.3 Å². The van der Waals surface area contributed by atoms with Crippen LogP contribution in [-0.4, -0.2) is 27.1 Å². The van der Waals surface area contributed by atoms with Gasteiger partial charge in [0.15, 0.2) is 0 Å². The second-order valence-corrected chi connectivity index (χ2v) is 18.2. The third-order valence-electron chi connectivity index (χ3n) is 7.93. The van der Waals surface area contributed by atoms with Crippen molar-refractivity contribution in [1.82, 2.24) is 4.31 Å². The van der Waals surface area contributed by atoms with Crippen LogP contribution < -0.4 is 0 Å². The van der Waals surface area contributed by atoms with E-state index in [0.29, 0.717) is 21.5 Å². The lowest BCUT2D eigenvalue weighted by molar-refractivity contribution is 0.284.